The number of aromatic nitrogens is 4. The molecule has 4 rings (SSSR count). The maximum atomic E-state index is 12.1. The molecule has 7 nitrogen and oxygen atoms in total. The number of nitrogens with zero attached hydrogens (tertiary/aromatic N) is 5. The fraction of sp³-hybridized carbons (Fsp3) is 0.391. The Kier molecular flexibility index (Phi) is 5.53. The molecule has 1 saturated heterocycles. The molecular formula is C23H28N6O. The highest BCUT2D eigenvalue weighted by Gasteiger charge is 2.28. The Balaban J connectivity index is 1.77. The Labute approximate surface area is 176 Å². The van der Waals surface area contributed by atoms with Crippen molar-refractivity contribution in [3.8, 4) is 11.3 Å². The molecular weight excluding hydrogens is 376 g/mol. The van der Waals surface area contributed by atoms with E-state index in [1.165, 1.54) is 18.0 Å². The second kappa shape index (κ2) is 8.26. The molecule has 156 valence electrons. The monoisotopic (exact) mass is 404 g/mol. The average Bonchev–Trinajstić information content (AvgIpc) is 3.19. The Bertz CT molecular complexity index is 1070. The van der Waals surface area contributed by atoms with Gasteiger partial charge in [-0.05, 0) is 36.8 Å². The first-order valence-corrected chi connectivity index (χ1v) is 10.5. The van der Waals surface area contributed by atoms with Crippen LogP contribution in [0.3, 0.4) is 0 Å². The van der Waals surface area contributed by atoms with E-state index in [0.29, 0.717) is 23.9 Å². The summed E-state index contributed by atoms with van der Waals surface area (Å²) in [6.45, 7) is 9.35. The van der Waals surface area contributed by atoms with Gasteiger partial charge in [0.05, 0.1) is 11.4 Å². The predicted octanol–water partition coefficient (Wildman–Crippen LogP) is 3.94. The number of likely N-dealkylation sites (tertiary alicyclic amines) is 1. The minimum Gasteiger partial charge on any atom is -0.383 e. The maximum absolute atomic E-state index is 12.1. The number of hydrogen-bond acceptors (Lipinski definition) is 5. The third-order valence-electron chi connectivity index (χ3n) is 6.11. The summed E-state index contributed by atoms with van der Waals surface area (Å²) >= 11 is 0. The second-order valence-electron chi connectivity index (χ2n) is 7.97. The van der Waals surface area contributed by atoms with E-state index < -0.39 is 0 Å². The van der Waals surface area contributed by atoms with Crippen LogP contribution >= 0.6 is 0 Å². The summed E-state index contributed by atoms with van der Waals surface area (Å²) in [5.41, 5.74) is 10.0. The van der Waals surface area contributed by atoms with E-state index in [1.807, 2.05) is 9.58 Å². The summed E-state index contributed by atoms with van der Waals surface area (Å²) in [5.74, 6) is 0.880. The Hall–Kier alpha value is -3.22. The topological polar surface area (TPSA) is 89.9 Å². The molecule has 1 aliphatic heterocycles. The van der Waals surface area contributed by atoms with Crippen LogP contribution in [-0.2, 0) is 4.79 Å². The smallest absolute Gasteiger partial charge is 0.246 e. The number of carbonyl (C=O) groups excluding carboxylic acids is 1. The van der Waals surface area contributed by atoms with Crippen molar-refractivity contribution in [3.05, 3.63) is 48.8 Å². The van der Waals surface area contributed by atoms with Crippen molar-refractivity contribution in [2.24, 2.45) is 0 Å². The predicted molar refractivity (Wildman–Crippen MR) is 119 cm³/mol. The molecule has 0 spiro atoms. The summed E-state index contributed by atoms with van der Waals surface area (Å²) in [5, 5.41) is 5.69. The van der Waals surface area contributed by atoms with Gasteiger partial charge in [-0.15, -0.1) is 0 Å². The van der Waals surface area contributed by atoms with Gasteiger partial charge in [-0.25, -0.2) is 14.6 Å². The summed E-state index contributed by atoms with van der Waals surface area (Å²) < 4.78 is 1.92. The van der Waals surface area contributed by atoms with Gasteiger partial charge in [-0.3, -0.25) is 4.79 Å². The number of carbonyl (C=O) groups is 1. The van der Waals surface area contributed by atoms with E-state index in [4.69, 9.17) is 10.8 Å². The highest BCUT2D eigenvalue weighted by molar-refractivity contribution is 5.98. The number of nitrogens with two attached hydrogens (primary N) is 1. The summed E-state index contributed by atoms with van der Waals surface area (Å²) in [7, 11) is 0. The Morgan fingerprint density at radius 1 is 1.33 bits per heavy atom. The van der Waals surface area contributed by atoms with Crippen molar-refractivity contribution in [2.75, 3.05) is 18.8 Å². The third-order valence-corrected chi connectivity index (χ3v) is 6.11. The zero-order valence-electron chi connectivity index (χ0n) is 17.6. The molecule has 1 fully saturated rings. The summed E-state index contributed by atoms with van der Waals surface area (Å²) in [6, 6.07) is 8.52. The molecule has 2 atom stereocenters. The number of rotatable bonds is 5. The molecule has 2 N–H and O–H groups in total. The van der Waals surface area contributed by atoms with E-state index in [2.05, 4.69) is 54.7 Å². The van der Waals surface area contributed by atoms with Crippen LogP contribution in [0.25, 0.3) is 22.3 Å². The fourth-order valence-electron chi connectivity index (χ4n) is 4.14. The number of nitrogen functional groups attached to an aromatic ring is 1. The normalized spacial score (nSPS) is 17.8. The van der Waals surface area contributed by atoms with Crippen LogP contribution in [0.5, 0.6) is 0 Å². The van der Waals surface area contributed by atoms with Gasteiger partial charge in [0.1, 0.15) is 17.8 Å². The highest BCUT2D eigenvalue weighted by atomic mass is 16.2. The first-order valence-electron chi connectivity index (χ1n) is 10.5. The molecule has 1 aromatic carbocycles. The maximum Gasteiger partial charge on any atom is 0.246 e. The van der Waals surface area contributed by atoms with Crippen LogP contribution in [0.1, 0.15) is 50.6 Å². The van der Waals surface area contributed by atoms with E-state index in [1.54, 1.807) is 0 Å². The first-order chi connectivity index (χ1) is 14.5. The van der Waals surface area contributed by atoms with Crippen molar-refractivity contribution >= 4 is 22.8 Å². The Morgan fingerprint density at radius 3 is 2.80 bits per heavy atom. The van der Waals surface area contributed by atoms with Gasteiger partial charge in [0.15, 0.2) is 5.65 Å². The zero-order chi connectivity index (χ0) is 21.3. The first kappa shape index (κ1) is 20.1. The van der Waals surface area contributed by atoms with Crippen molar-refractivity contribution in [2.45, 2.75) is 45.1 Å². The quantitative estimate of drug-likeness (QED) is 0.651. The SMILES string of the molecule is C=CC(=O)N1CCCC(n2nc(-c3ccc(C(C)CC)cc3)c3c(N)ncnc32)C1. The molecule has 2 unspecified atom stereocenters. The lowest BCUT2D eigenvalue weighted by Gasteiger charge is -2.32. The van der Waals surface area contributed by atoms with Crippen molar-refractivity contribution in [1.29, 1.82) is 0 Å². The minimum absolute atomic E-state index is 0.0348. The Morgan fingerprint density at radius 2 is 2.10 bits per heavy atom. The van der Waals surface area contributed by atoms with Crippen molar-refractivity contribution in [1.82, 2.24) is 24.6 Å². The van der Waals surface area contributed by atoms with E-state index in [-0.39, 0.29) is 11.9 Å². The van der Waals surface area contributed by atoms with Gasteiger partial charge in [-0.2, -0.15) is 5.10 Å². The summed E-state index contributed by atoms with van der Waals surface area (Å²) in [6.07, 6.45) is 5.77. The van der Waals surface area contributed by atoms with Gasteiger partial charge in [0, 0.05) is 18.7 Å². The number of benzene rings is 1. The minimum atomic E-state index is -0.0499. The molecule has 1 amide bonds. The number of piperidine rings is 1. The van der Waals surface area contributed by atoms with Gasteiger partial charge < -0.3 is 10.6 Å². The number of hydrogen-bond donors (Lipinski definition) is 1. The lowest BCUT2D eigenvalue weighted by molar-refractivity contribution is -0.127. The number of fused-ring (bicyclic) bond motifs is 1. The van der Waals surface area contributed by atoms with Gasteiger partial charge >= 0.3 is 0 Å². The van der Waals surface area contributed by atoms with E-state index in [9.17, 15) is 4.79 Å². The van der Waals surface area contributed by atoms with Gasteiger partial charge in [-0.1, -0.05) is 44.7 Å². The molecule has 0 saturated carbocycles. The van der Waals surface area contributed by atoms with Crippen LogP contribution in [0.15, 0.2) is 43.2 Å². The molecule has 0 aliphatic carbocycles. The van der Waals surface area contributed by atoms with Crippen LogP contribution in [0, 0.1) is 0 Å². The average molecular weight is 405 g/mol. The lowest BCUT2D eigenvalue weighted by Crippen LogP contribution is -2.40. The van der Waals surface area contributed by atoms with Gasteiger partial charge in [0.25, 0.3) is 0 Å². The molecule has 2 aromatic heterocycles. The molecule has 0 radical (unpaired) electrons. The van der Waals surface area contributed by atoms with Crippen molar-refractivity contribution < 1.29 is 4.79 Å². The highest BCUT2D eigenvalue weighted by Crippen LogP contribution is 2.34. The van der Waals surface area contributed by atoms with Crippen LogP contribution in [0.4, 0.5) is 5.82 Å². The van der Waals surface area contributed by atoms with Crippen LogP contribution in [0.2, 0.25) is 0 Å². The molecule has 0 bridgehead atoms. The van der Waals surface area contributed by atoms with Crippen LogP contribution < -0.4 is 5.73 Å². The standard InChI is InChI=1S/C23H28N6O/c1-4-15(3)16-8-10-17(11-9-16)21-20-22(24)25-14-26-23(20)29(27-21)18-7-6-12-28(13-18)19(30)5-2/h5,8-11,14-15,18H,2,4,6-7,12-13H2,1,3H3,(H2,24,25,26). The molecule has 30 heavy (non-hydrogen) atoms. The second-order valence-corrected chi connectivity index (χ2v) is 7.97. The summed E-state index contributed by atoms with van der Waals surface area (Å²) in [4.78, 5) is 22.7. The van der Waals surface area contributed by atoms with E-state index in [0.717, 1.165) is 42.5 Å². The fourth-order valence-corrected chi connectivity index (χ4v) is 4.14. The molecule has 1 aliphatic rings. The molecule has 3 heterocycles. The van der Waals surface area contributed by atoms with E-state index >= 15 is 0 Å². The number of anilines is 1. The molecule has 3 aromatic rings. The number of amides is 1. The lowest BCUT2D eigenvalue weighted by atomic mass is 9.97. The largest absolute Gasteiger partial charge is 0.383 e. The third kappa shape index (κ3) is 3.56. The zero-order valence-corrected chi connectivity index (χ0v) is 17.6. The molecule has 7 heteroatoms. The van der Waals surface area contributed by atoms with Crippen LogP contribution in [-0.4, -0.2) is 43.6 Å². The van der Waals surface area contributed by atoms with Gasteiger partial charge in [0.2, 0.25) is 5.91 Å². The van der Waals surface area contributed by atoms with Crippen molar-refractivity contribution in [3.63, 3.8) is 0 Å².